The minimum atomic E-state index is 0.719. The SMILES string of the molecule is CC/C=C(\C=C/CNc1ccc(N(c2ccccc2)c2cccc(C)c2)cc1)N(c1ccccc1)c1cccc(C)c1. The Morgan fingerprint density at radius 3 is 1.76 bits per heavy atom. The molecule has 5 aromatic carbocycles. The Morgan fingerprint density at radius 1 is 0.595 bits per heavy atom. The van der Waals surface area contributed by atoms with Crippen LogP contribution < -0.4 is 15.1 Å². The number of aryl methyl sites for hydroxylation is 2. The molecule has 42 heavy (non-hydrogen) atoms. The van der Waals surface area contributed by atoms with Crippen LogP contribution in [0.3, 0.4) is 0 Å². The van der Waals surface area contributed by atoms with Gasteiger partial charge in [-0.2, -0.15) is 0 Å². The van der Waals surface area contributed by atoms with Crippen molar-refractivity contribution >= 4 is 34.1 Å². The lowest BCUT2D eigenvalue weighted by molar-refractivity contribution is 1.13. The Balaban J connectivity index is 1.33. The molecule has 0 aliphatic heterocycles. The van der Waals surface area contributed by atoms with Crippen molar-refractivity contribution in [2.75, 3.05) is 21.7 Å². The fraction of sp³-hybridized carbons (Fsp3) is 0.128. The maximum Gasteiger partial charge on any atom is 0.0464 e. The maximum atomic E-state index is 3.57. The van der Waals surface area contributed by atoms with Gasteiger partial charge in [0.1, 0.15) is 0 Å². The predicted molar refractivity (Wildman–Crippen MR) is 182 cm³/mol. The van der Waals surface area contributed by atoms with E-state index >= 15 is 0 Å². The molecule has 210 valence electrons. The lowest BCUT2D eigenvalue weighted by Crippen LogP contribution is -2.15. The first-order valence-electron chi connectivity index (χ1n) is 14.7. The first-order chi connectivity index (χ1) is 20.6. The van der Waals surface area contributed by atoms with Gasteiger partial charge in [0.05, 0.1) is 0 Å². The fourth-order valence-electron chi connectivity index (χ4n) is 5.11. The Kier molecular flexibility index (Phi) is 9.54. The molecule has 0 atom stereocenters. The van der Waals surface area contributed by atoms with Crippen LogP contribution in [0.4, 0.5) is 34.1 Å². The van der Waals surface area contributed by atoms with E-state index in [2.05, 4.69) is 188 Å². The monoisotopic (exact) mass is 549 g/mol. The van der Waals surface area contributed by atoms with Gasteiger partial charge in [0.25, 0.3) is 0 Å². The highest BCUT2D eigenvalue weighted by atomic mass is 15.1. The molecule has 1 N–H and O–H groups in total. The molecule has 0 amide bonds. The van der Waals surface area contributed by atoms with Gasteiger partial charge in [-0.15, -0.1) is 0 Å². The van der Waals surface area contributed by atoms with Gasteiger partial charge in [-0.3, -0.25) is 0 Å². The van der Waals surface area contributed by atoms with E-state index in [1.165, 1.54) is 11.1 Å². The number of hydrogen-bond donors (Lipinski definition) is 1. The van der Waals surface area contributed by atoms with E-state index in [1.807, 2.05) is 0 Å². The molecular weight excluding hydrogens is 510 g/mol. The number of allylic oxidation sites excluding steroid dienone is 2. The zero-order valence-electron chi connectivity index (χ0n) is 24.7. The topological polar surface area (TPSA) is 18.5 Å². The summed E-state index contributed by atoms with van der Waals surface area (Å²) in [4.78, 5) is 4.62. The number of anilines is 6. The van der Waals surface area contributed by atoms with Crippen molar-refractivity contribution in [2.24, 2.45) is 0 Å². The van der Waals surface area contributed by atoms with E-state index in [9.17, 15) is 0 Å². The van der Waals surface area contributed by atoms with Crippen LogP contribution in [0.25, 0.3) is 0 Å². The van der Waals surface area contributed by atoms with Crippen molar-refractivity contribution in [3.63, 3.8) is 0 Å². The normalized spacial score (nSPS) is 11.5. The van der Waals surface area contributed by atoms with Gasteiger partial charge in [-0.1, -0.05) is 79.7 Å². The Bertz CT molecular complexity index is 1620. The molecule has 0 bridgehead atoms. The molecular formula is C39H39N3. The molecule has 0 aromatic heterocycles. The lowest BCUT2D eigenvalue weighted by Gasteiger charge is -2.27. The summed E-state index contributed by atoms with van der Waals surface area (Å²) in [6, 6.07) is 47.1. The Morgan fingerprint density at radius 2 is 1.14 bits per heavy atom. The molecule has 0 aliphatic carbocycles. The van der Waals surface area contributed by atoms with Crippen molar-refractivity contribution in [3.8, 4) is 0 Å². The van der Waals surface area contributed by atoms with Gasteiger partial charge in [0, 0.05) is 46.4 Å². The third-order valence-electron chi connectivity index (χ3n) is 7.06. The summed E-state index contributed by atoms with van der Waals surface area (Å²) in [5.74, 6) is 0. The number of rotatable bonds is 11. The molecule has 0 saturated heterocycles. The first kappa shape index (κ1) is 28.5. The molecule has 0 fully saturated rings. The summed E-state index contributed by atoms with van der Waals surface area (Å²) >= 11 is 0. The van der Waals surface area contributed by atoms with Gasteiger partial charge < -0.3 is 15.1 Å². The van der Waals surface area contributed by atoms with Gasteiger partial charge in [-0.25, -0.2) is 0 Å². The number of benzene rings is 5. The summed E-state index contributed by atoms with van der Waals surface area (Å²) in [5.41, 5.74) is 10.4. The summed E-state index contributed by atoms with van der Waals surface area (Å²) < 4.78 is 0. The van der Waals surface area contributed by atoms with E-state index in [-0.39, 0.29) is 0 Å². The second-order valence-electron chi connectivity index (χ2n) is 10.4. The number of nitrogens with zero attached hydrogens (tertiary/aromatic N) is 2. The standard InChI is InChI=1S/C39H39N3/c1-4-14-34(41(35-17-7-5-8-18-35)38-21-11-15-31(2)29-38)23-13-28-40-33-24-26-37(27-25-33)42(36-19-9-6-10-20-36)39-22-12-16-32(3)30-39/h5-27,29-30,40H,4,28H2,1-3H3/b23-13-,34-14+. The third-order valence-corrected chi connectivity index (χ3v) is 7.06. The minimum Gasteiger partial charge on any atom is -0.382 e. The minimum absolute atomic E-state index is 0.719. The van der Waals surface area contributed by atoms with Crippen molar-refractivity contribution in [3.05, 3.63) is 169 Å². The molecule has 3 heteroatoms. The number of nitrogens with one attached hydrogen (secondary N) is 1. The molecule has 0 unspecified atom stereocenters. The molecule has 0 radical (unpaired) electrons. The second kappa shape index (κ2) is 14.0. The summed E-state index contributed by atoms with van der Waals surface area (Å²) in [6.45, 7) is 7.18. The van der Waals surface area contributed by atoms with Crippen LogP contribution in [-0.4, -0.2) is 6.54 Å². The van der Waals surface area contributed by atoms with Gasteiger partial charge >= 0.3 is 0 Å². The summed E-state index contributed by atoms with van der Waals surface area (Å²) in [5, 5.41) is 3.57. The van der Waals surface area contributed by atoms with Crippen LogP contribution in [0.2, 0.25) is 0 Å². The molecule has 0 spiro atoms. The molecule has 3 nitrogen and oxygen atoms in total. The van der Waals surface area contributed by atoms with Crippen LogP contribution in [0.5, 0.6) is 0 Å². The zero-order valence-corrected chi connectivity index (χ0v) is 24.7. The van der Waals surface area contributed by atoms with Crippen molar-refractivity contribution in [1.82, 2.24) is 0 Å². The molecule has 0 heterocycles. The summed E-state index contributed by atoms with van der Waals surface area (Å²) in [7, 11) is 0. The quantitative estimate of drug-likeness (QED) is 0.165. The second-order valence-corrected chi connectivity index (χ2v) is 10.4. The van der Waals surface area contributed by atoms with Crippen molar-refractivity contribution < 1.29 is 0 Å². The average molecular weight is 550 g/mol. The van der Waals surface area contributed by atoms with E-state index in [0.29, 0.717) is 0 Å². The van der Waals surface area contributed by atoms with Crippen LogP contribution >= 0.6 is 0 Å². The third kappa shape index (κ3) is 7.18. The van der Waals surface area contributed by atoms with Crippen LogP contribution in [0.15, 0.2) is 157 Å². The lowest BCUT2D eigenvalue weighted by atomic mass is 10.1. The number of hydrogen-bond acceptors (Lipinski definition) is 3. The molecule has 0 aliphatic rings. The van der Waals surface area contributed by atoms with Gasteiger partial charge in [-0.05, 0) is 110 Å². The largest absolute Gasteiger partial charge is 0.382 e. The van der Waals surface area contributed by atoms with Crippen molar-refractivity contribution in [2.45, 2.75) is 27.2 Å². The molecule has 0 saturated carbocycles. The van der Waals surface area contributed by atoms with E-state index in [0.717, 1.165) is 52.8 Å². The zero-order chi connectivity index (χ0) is 29.1. The predicted octanol–water partition coefficient (Wildman–Crippen LogP) is 10.9. The average Bonchev–Trinajstić information content (AvgIpc) is 3.01. The van der Waals surface area contributed by atoms with E-state index in [4.69, 9.17) is 0 Å². The maximum absolute atomic E-state index is 3.57. The van der Waals surface area contributed by atoms with Crippen LogP contribution in [-0.2, 0) is 0 Å². The van der Waals surface area contributed by atoms with Gasteiger partial charge in [0.15, 0.2) is 0 Å². The number of para-hydroxylation sites is 2. The van der Waals surface area contributed by atoms with Crippen LogP contribution in [0, 0.1) is 13.8 Å². The summed E-state index contributed by atoms with van der Waals surface area (Å²) in [6.07, 6.45) is 7.64. The highest BCUT2D eigenvalue weighted by Crippen LogP contribution is 2.35. The van der Waals surface area contributed by atoms with Crippen LogP contribution in [0.1, 0.15) is 24.5 Å². The Labute approximate surface area is 251 Å². The first-order valence-corrected chi connectivity index (χ1v) is 14.7. The smallest absolute Gasteiger partial charge is 0.0464 e. The highest BCUT2D eigenvalue weighted by Gasteiger charge is 2.14. The highest BCUT2D eigenvalue weighted by molar-refractivity contribution is 5.77. The fourth-order valence-corrected chi connectivity index (χ4v) is 5.11. The molecule has 5 aromatic rings. The van der Waals surface area contributed by atoms with E-state index in [1.54, 1.807) is 0 Å². The van der Waals surface area contributed by atoms with E-state index < -0.39 is 0 Å². The van der Waals surface area contributed by atoms with Crippen molar-refractivity contribution in [1.29, 1.82) is 0 Å². The molecule has 5 rings (SSSR count). The Hall–Kier alpha value is -5.02. The van der Waals surface area contributed by atoms with Gasteiger partial charge in [0.2, 0.25) is 0 Å².